The van der Waals surface area contributed by atoms with E-state index < -0.39 is 0 Å². The van der Waals surface area contributed by atoms with Gasteiger partial charge in [0, 0.05) is 6.61 Å². The molecule has 1 unspecified atom stereocenters. The largest absolute Gasteiger partial charge is 0.373 e. The fraction of sp³-hybridized carbons (Fsp3) is 0.800. The van der Waals surface area contributed by atoms with E-state index in [1.54, 1.807) is 0 Å². The van der Waals surface area contributed by atoms with E-state index in [4.69, 9.17) is 16.9 Å². The number of rotatable bonds is 3. The fourth-order valence-electron chi connectivity index (χ4n) is 1.96. The molecule has 1 rings (SSSR count). The molecule has 1 fully saturated rings. The molecule has 0 bridgehead atoms. The van der Waals surface area contributed by atoms with E-state index in [0.29, 0.717) is 6.61 Å². The summed E-state index contributed by atoms with van der Waals surface area (Å²) in [7, 11) is 0. The predicted molar refractivity (Wildman–Crippen MR) is 49.6 cm³/mol. The maximum absolute atomic E-state index is 5.84. The Morgan fingerprint density at radius 3 is 2.58 bits per heavy atom. The van der Waals surface area contributed by atoms with E-state index in [-0.39, 0.29) is 11.6 Å². The molecule has 0 spiro atoms. The Labute approximate surface area is 74.5 Å². The first-order valence-corrected chi connectivity index (χ1v) is 4.61. The van der Waals surface area contributed by atoms with Crippen molar-refractivity contribution >= 4 is 0 Å². The minimum atomic E-state index is -0.236. The van der Waals surface area contributed by atoms with Crippen molar-refractivity contribution in [3.05, 3.63) is 0 Å². The van der Waals surface area contributed by atoms with Crippen molar-refractivity contribution < 1.29 is 4.74 Å². The lowest BCUT2D eigenvalue weighted by Crippen LogP contribution is -2.47. The first-order valence-electron chi connectivity index (χ1n) is 4.61. The van der Waals surface area contributed by atoms with Gasteiger partial charge in [-0.1, -0.05) is 18.8 Å². The molecule has 0 aromatic carbocycles. The quantitative estimate of drug-likeness (QED) is 0.643. The van der Waals surface area contributed by atoms with Crippen LogP contribution in [0.15, 0.2) is 0 Å². The average molecular weight is 167 g/mol. The van der Waals surface area contributed by atoms with Crippen LogP contribution in [0.4, 0.5) is 0 Å². The molecular formula is C10H17NO. The van der Waals surface area contributed by atoms with Crippen LogP contribution < -0.4 is 5.73 Å². The van der Waals surface area contributed by atoms with Gasteiger partial charge in [-0.15, -0.1) is 6.42 Å². The topological polar surface area (TPSA) is 35.2 Å². The van der Waals surface area contributed by atoms with Crippen LogP contribution in [0.3, 0.4) is 0 Å². The molecule has 1 atom stereocenters. The molecule has 0 aromatic rings. The standard InChI is InChI=1S/C10H17NO/c1-3-9(11)10(12-4-2)7-5-6-8-10/h1,9H,4-8,11H2,2H3. The lowest BCUT2D eigenvalue weighted by Gasteiger charge is -2.31. The minimum absolute atomic E-state index is 0.205. The zero-order valence-electron chi connectivity index (χ0n) is 7.68. The molecule has 2 heteroatoms. The Kier molecular flexibility index (Phi) is 3.13. The minimum Gasteiger partial charge on any atom is -0.373 e. The molecule has 0 aromatic heterocycles. The van der Waals surface area contributed by atoms with Crippen molar-refractivity contribution in [3.8, 4) is 12.3 Å². The molecule has 0 aliphatic heterocycles. The number of ether oxygens (including phenoxy) is 1. The highest BCUT2D eigenvalue weighted by Gasteiger charge is 2.39. The van der Waals surface area contributed by atoms with Gasteiger partial charge in [0.15, 0.2) is 0 Å². The van der Waals surface area contributed by atoms with E-state index in [0.717, 1.165) is 12.8 Å². The Bertz CT molecular complexity index is 177. The van der Waals surface area contributed by atoms with Crippen molar-refractivity contribution in [1.82, 2.24) is 0 Å². The van der Waals surface area contributed by atoms with Crippen LogP contribution in [0.25, 0.3) is 0 Å². The van der Waals surface area contributed by atoms with Gasteiger partial charge in [-0.25, -0.2) is 0 Å². The van der Waals surface area contributed by atoms with Gasteiger partial charge in [0.1, 0.15) is 0 Å². The normalized spacial score (nSPS) is 23.4. The molecule has 1 aliphatic rings. The summed E-state index contributed by atoms with van der Waals surface area (Å²) in [5.74, 6) is 2.59. The van der Waals surface area contributed by atoms with Crippen LogP contribution in [0.2, 0.25) is 0 Å². The van der Waals surface area contributed by atoms with Gasteiger partial charge in [-0.2, -0.15) is 0 Å². The molecule has 1 saturated carbocycles. The SMILES string of the molecule is C#CC(N)C1(OCC)CCCC1. The van der Waals surface area contributed by atoms with Gasteiger partial charge >= 0.3 is 0 Å². The molecular weight excluding hydrogens is 150 g/mol. The van der Waals surface area contributed by atoms with Crippen LogP contribution >= 0.6 is 0 Å². The van der Waals surface area contributed by atoms with Gasteiger partial charge in [-0.05, 0) is 19.8 Å². The lowest BCUT2D eigenvalue weighted by atomic mass is 9.93. The van der Waals surface area contributed by atoms with Gasteiger partial charge in [-0.3, -0.25) is 0 Å². The maximum atomic E-state index is 5.84. The van der Waals surface area contributed by atoms with E-state index in [9.17, 15) is 0 Å². The second-order valence-electron chi connectivity index (χ2n) is 3.35. The summed E-state index contributed by atoms with van der Waals surface area (Å²) in [4.78, 5) is 0. The van der Waals surface area contributed by atoms with Crippen molar-refractivity contribution in [2.24, 2.45) is 5.73 Å². The monoisotopic (exact) mass is 167 g/mol. The fourth-order valence-corrected chi connectivity index (χ4v) is 1.96. The number of terminal acetylenes is 1. The van der Waals surface area contributed by atoms with Crippen LogP contribution in [0.5, 0.6) is 0 Å². The molecule has 0 amide bonds. The highest BCUT2D eigenvalue weighted by Crippen LogP contribution is 2.35. The number of hydrogen-bond acceptors (Lipinski definition) is 2. The van der Waals surface area contributed by atoms with Crippen LogP contribution in [-0.4, -0.2) is 18.2 Å². The Morgan fingerprint density at radius 2 is 2.17 bits per heavy atom. The first kappa shape index (κ1) is 9.57. The van der Waals surface area contributed by atoms with Crippen LogP contribution in [0.1, 0.15) is 32.6 Å². The van der Waals surface area contributed by atoms with Crippen molar-refractivity contribution in [3.63, 3.8) is 0 Å². The zero-order chi connectivity index (χ0) is 9.03. The Hall–Kier alpha value is -0.520. The summed E-state index contributed by atoms with van der Waals surface area (Å²) in [6, 6.07) is -0.236. The zero-order valence-corrected chi connectivity index (χ0v) is 7.68. The molecule has 0 radical (unpaired) electrons. The Morgan fingerprint density at radius 1 is 1.58 bits per heavy atom. The van der Waals surface area contributed by atoms with E-state index in [1.807, 2.05) is 6.92 Å². The van der Waals surface area contributed by atoms with Crippen LogP contribution in [-0.2, 0) is 4.74 Å². The molecule has 2 nitrogen and oxygen atoms in total. The maximum Gasteiger partial charge on any atom is 0.0956 e. The second-order valence-corrected chi connectivity index (χ2v) is 3.35. The number of nitrogens with two attached hydrogens (primary N) is 1. The van der Waals surface area contributed by atoms with E-state index in [1.165, 1.54) is 12.8 Å². The first-order chi connectivity index (χ1) is 5.75. The number of hydrogen-bond donors (Lipinski definition) is 1. The highest BCUT2D eigenvalue weighted by molar-refractivity contribution is 5.10. The van der Waals surface area contributed by atoms with Gasteiger partial charge in [0.05, 0.1) is 11.6 Å². The third-order valence-electron chi connectivity index (χ3n) is 2.63. The molecule has 12 heavy (non-hydrogen) atoms. The molecule has 2 N–H and O–H groups in total. The second kappa shape index (κ2) is 3.93. The van der Waals surface area contributed by atoms with Crippen molar-refractivity contribution in [1.29, 1.82) is 0 Å². The molecule has 0 heterocycles. The average Bonchev–Trinajstić information content (AvgIpc) is 2.53. The third-order valence-corrected chi connectivity index (χ3v) is 2.63. The summed E-state index contributed by atoms with van der Waals surface area (Å²) in [5.41, 5.74) is 5.63. The summed E-state index contributed by atoms with van der Waals surface area (Å²) < 4.78 is 5.68. The van der Waals surface area contributed by atoms with Gasteiger partial charge < -0.3 is 10.5 Å². The Balaban J connectivity index is 2.65. The van der Waals surface area contributed by atoms with E-state index >= 15 is 0 Å². The third kappa shape index (κ3) is 1.63. The lowest BCUT2D eigenvalue weighted by molar-refractivity contribution is -0.0406. The molecule has 1 aliphatic carbocycles. The van der Waals surface area contributed by atoms with Crippen molar-refractivity contribution in [2.75, 3.05) is 6.61 Å². The highest BCUT2D eigenvalue weighted by atomic mass is 16.5. The van der Waals surface area contributed by atoms with Gasteiger partial charge in [0.25, 0.3) is 0 Å². The summed E-state index contributed by atoms with van der Waals surface area (Å²) >= 11 is 0. The molecule has 68 valence electrons. The van der Waals surface area contributed by atoms with Crippen LogP contribution in [0, 0.1) is 12.3 Å². The van der Waals surface area contributed by atoms with Gasteiger partial charge in [0.2, 0.25) is 0 Å². The van der Waals surface area contributed by atoms with E-state index in [2.05, 4.69) is 5.92 Å². The summed E-state index contributed by atoms with van der Waals surface area (Å²) in [5, 5.41) is 0. The molecule has 0 saturated heterocycles. The predicted octanol–water partition coefficient (Wildman–Crippen LogP) is 1.30. The van der Waals surface area contributed by atoms with Crippen molar-refractivity contribution in [2.45, 2.75) is 44.2 Å². The smallest absolute Gasteiger partial charge is 0.0956 e. The summed E-state index contributed by atoms with van der Waals surface area (Å²) in [6.45, 7) is 2.69. The summed E-state index contributed by atoms with van der Waals surface area (Å²) in [6.07, 6.45) is 9.73.